The minimum Gasteiger partial charge on any atom is -0.411 e. The molecule has 0 fully saturated rings. The van der Waals surface area contributed by atoms with E-state index < -0.39 is 21.2 Å². The quantitative estimate of drug-likeness (QED) is 0.301. The van der Waals surface area contributed by atoms with Crippen molar-refractivity contribution in [3.63, 3.8) is 0 Å². The second kappa shape index (κ2) is 9.34. The van der Waals surface area contributed by atoms with Gasteiger partial charge in [-0.2, -0.15) is 0 Å². The van der Waals surface area contributed by atoms with Crippen LogP contribution >= 0.6 is 11.6 Å². The summed E-state index contributed by atoms with van der Waals surface area (Å²) in [5.74, 6) is -0.571. The number of aromatic nitrogens is 2. The van der Waals surface area contributed by atoms with Gasteiger partial charge in [-0.15, -0.1) is 0 Å². The lowest BCUT2D eigenvalue weighted by Crippen LogP contribution is -2.55. The number of pyridine rings is 1. The van der Waals surface area contributed by atoms with Crippen molar-refractivity contribution in [2.45, 2.75) is 46.0 Å². The van der Waals surface area contributed by atoms with Crippen molar-refractivity contribution in [1.29, 1.82) is 0 Å². The summed E-state index contributed by atoms with van der Waals surface area (Å²) in [5.41, 5.74) is 1.18. The third-order valence-electron chi connectivity index (χ3n) is 4.86. The van der Waals surface area contributed by atoms with E-state index in [1.54, 1.807) is 30.5 Å². The van der Waals surface area contributed by atoms with Gasteiger partial charge in [-0.3, -0.25) is 9.59 Å². The van der Waals surface area contributed by atoms with E-state index in [9.17, 15) is 9.59 Å². The molecule has 3 aromatic rings. The van der Waals surface area contributed by atoms with Gasteiger partial charge in [-0.05, 0) is 30.6 Å². The maximum absolute atomic E-state index is 13.5. The Morgan fingerprint density at radius 3 is 2.45 bits per heavy atom. The number of amides is 1. The summed E-state index contributed by atoms with van der Waals surface area (Å²) < 4.78 is 6.26. The number of H-pyrrole nitrogens is 1. The van der Waals surface area contributed by atoms with Gasteiger partial charge in [-0.1, -0.05) is 62.7 Å². The van der Waals surface area contributed by atoms with E-state index in [1.165, 1.54) is 0 Å². The van der Waals surface area contributed by atoms with Crippen LogP contribution in [0.1, 0.15) is 41.6 Å². The van der Waals surface area contributed by atoms with Crippen LogP contribution in [0, 0.1) is 5.41 Å². The third-order valence-corrected chi connectivity index (χ3v) is 5.79. The molecular weight excluding hydrogens is 430 g/mol. The molecule has 2 heterocycles. The number of nitrogens with zero attached hydrogens (tertiary/aromatic N) is 1. The molecule has 3 rings (SSSR count). The fourth-order valence-electron chi connectivity index (χ4n) is 3.41. The third kappa shape index (κ3) is 5.61. The summed E-state index contributed by atoms with van der Waals surface area (Å²) in [6.07, 6.45) is 1.08. The number of rotatable bonds is 7. The highest BCUT2D eigenvalue weighted by molar-refractivity contribution is 6.48. The zero-order valence-corrected chi connectivity index (χ0v) is 20.1. The van der Waals surface area contributed by atoms with E-state index in [-0.39, 0.29) is 17.1 Å². The summed E-state index contributed by atoms with van der Waals surface area (Å²) in [5, 5.41) is 4.05. The lowest BCUT2D eigenvalue weighted by atomic mass is 9.82. The number of nitrogens with one attached hydrogen (secondary N) is 2. The molecule has 31 heavy (non-hydrogen) atoms. The number of benzene rings is 1. The SMILES string of the molecule is C[Si](C)OC([C@H](NC(=O)c1cc2cc(Cl)ncc2[nH]1)C(=O)c1ccccc1)C(C)(C)C. The van der Waals surface area contributed by atoms with Gasteiger partial charge < -0.3 is 14.7 Å². The number of fused-ring (bicyclic) bond motifs is 1. The van der Waals surface area contributed by atoms with Crippen molar-refractivity contribution in [3.8, 4) is 0 Å². The maximum atomic E-state index is 13.5. The molecule has 0 saturated heterocycles. The first-order chi connectivity index (χ1) is 14.6. The summed E-state index contributed by atoms with van der Waals surface area (Å²) in [4.78, 5) is 33.7. The van der Waals surface area contributed by atoms with Crippen LogP contribution in [0.2, 0.25) is 18.2 Å². The highest BCUT2D eigenvalue weighted by atomic mass is 35.5. The van der Waals surface area contributed by atoms with Gasteiger partial charge in [-0.25, -0.2) is 4.98 Å². The van der Waals surface area contributed by atoms with E-state index in [4.69, 9.17) is 16.0 Å². The van der Waals surface area contributed by atoms with Crippen LogP contribution in [0.3, 0.4) is 0 Å². The molecule has 0 aliphatic rings. The first-order valence-corrected chi connectivity index (χ1v) is 12.9. The number of aromatic amines is 1. The number of carbonyl (C=O) groups excluding carboxylic acids is 2. The van der Waals surface area contributed by atoms with Gasteiger partial charge in [0, 0.05) is 10.9 Å². The first kappa shape index (κ1) is 23.2. The van der Waals surface area contributed by atoms with Crippen molar-refractivity contribution in [2.75, 3.05) is 0 Å². The molecule has 8 heteroatoms. The van der Waals surface area contributed by atoms with Crippen LogP contribution in [0.25, 0.3) is 10.9 Å². The monoisotopic (exact) mass is 456 g/mol. The van der Waals surface area contributed by atoms with Crippen LogP contribution in [0.4, 0.5) is 0 Å². The van der Waals surface area contributed by atoms with Gasteiger partial charge in [0.1, 0.15) is 16.9 Å². The number of Topliss-reactive ketones (excluding diaryl/α,β-unsaturated/α-hetero) is 1. The molecule has 2 aromatic heterocycles. The van der Waals surface area contributed by atoms with E-state index in [1.807, 2.05) is 52.1 Å². The highest BCUT2D eigenvalue weighted by Gasteiger charge is 2.39. The van der Waals surface area contributed by atoms with Crippen molar-refractivity contribution in [3.05, 3.63) is 65.1 Å². The Balaban J connectivity index is 1.97. The topological polar surface area (TPSA) is 84.1 Å². The Morgan fingerprint density at radius 1 is 1.16 bits per heavy atom. The summed E-state index contributed by atoms with van der Waals surface area (Å²) in [6, 6.07) is 11.5. The number of carbonyl (C=O) groups is 2. The largest absolute Gasteiger partial charge is 0.411 e. The van der Waals surface area contributed by atoms with E-state index in [0.29, 0.717) is 21.9 Å². The standard InChI is InChI=1S/C23H27ClN3O3Si/c1-23(2,3)21(30-31(4)5)19(20(28)14-9-7-6-8-10-14)27-22(29)16-11-15-12-18(24)25-13-17(15)26-16/h6-13,19,21,26H,1-5H3,(H,27,29)/t19-,21?/m1/s1. The molecule has 163 valence electrons. The average molecular weight is 457 g/mol. The average Bonchev–Trinajstić information content (AvgIpc) is 3.13. The predicted molar refractivity (Wildman–Crippen MR) is 125 cm³/mol. The van der Waals surface area contributed by atoms with Gasteiger partial charge in [0.15, 0.2) is 5.78 Å². The number of halogens is 1. The fourth-order valence-corrected chi connectivity index (χ4v) is 4.57. The molecule has 1 amide bonds. The minimum atomic E-state index is -1.13. The Bertz CT molecular complexity index is 1080. The molecule has 0 spiro atoms. The van der Waals surface area contributed by atoms with E-state index >= 15 is 0 Å². The van der Waals surface area contributed by atoms with Crippen LogP contribution in [-0.2, 0) is 4.43 Å². The molecule has 1 unspecified atom stereocenters. The maximum Gasteiger partial charge on any atom is 0.268 e. The zero-order chi connectivity index (χ0) is 22.8. The zero-order valence-electron chi connectivity index (χ0n) is 18.3. The number of hydrogen-bond acceptors (Lipinski definition) is 4. The van der Waals surface area contributed by atoms with E-state index in [0.717, 1.165) is 5.39 Å². The Kier molecular flexibility index (Phi) is 6.98. The molecule has 2 N–H and O–H groups in total. The second-order valence-electron chi connectivity index (χ2n) is 8.77. The molecule has 1 radical (unpaired) electrons. The van der Waals surface area contributed by atoms with Gasteiger partial charge >= 0.3 is 0 Å². The predicted octanol–water partition coefficient (Wildman–Crippen LogP) is 4.88. The lowest BCUT2D eigenvalue weighted by Gasteiger charge is -2.38. The number of ketones is 1. The Labute approximate surface area is 189 Å². The lowest BCUT2D eigenvalue weighted by molar-refractivity contribution is 0.0409. The molecule has 0 saturated carbocycles. The molecule has 0 aliphatic heterocycles. The van der Waals surface area contributed by atoms with Crippen molar-refractivity contribution in [2.24, 2.45) is 5.41 Å². The first-order valence-electron chi connectivity index (χ1n) is 10.1. The van der Waals surface area contributed by atoms with Crippen molar-refractivity contribution in [1.82, 2.24) is 15.3 Å². The minimum absolute atomic E-state index is 0.182. The Hall–Kier alpha value is -2.48. The van der Waals surface area contributed by atoms with Gasteiger partial charge in [0.2, 0.25) is 9.04 Å². The van der Waals surface area contributed by atoms with Crippen LogP contribution in [-0.4, -0.2) is 42.8 Å². The van der Waals surface area contributed by atoms with Crippen LogP contribution in [0.15, 0.2) is 48.7 Å². The highest BCUT2D eigenvalue weighted by Crippen LogP contribution is 2.28. The van der Waals surface area contributed by atoms with Crippen molar-refractivity contribution < 1.29 is 14.0 Å². The molecule has 0 aliphatic carbocycles. The number of hydrogen-bond donors (Lipinski definition) is 2. The fraction of sp³-hybridized carbons (Fsp3) is 0.348. The summed E-state index contributed by atoms with van der Waals surface area (Å²) >= 11 is 5.96. The molecule has 0 bridgehead atoms. The molecular formula is C23H27ClN3O3Si. The van der Waals surface area contributed by atoms with Gasteiger partial charge in [0.25, 0.3) is 5.91 Å². The van der Waals surface area contributed by atoms with Crippen LogP contribution in [0.5, 0.6) is 0 Å². The second-order valence-corrected chi connectivity index (χ2v) is 11.2. The van der Waals surface area contributed by atoms with Gasteiger partial charge in [0.05, 0.1) is 17.8 Å². The molecule has 1 aromatic carbocycles. The summed E-state index contributed by atoms with van der Waals surface area (Å²) in [7, 11) is -1.13. The smallest absolute Gasteiger partial charge is 0.268 e. The van der Waals surface area contributed by atoms with Crippen molar-refractivity contribution >= 4 is 43.2 Å². The normalized spacial score (nSPS) is 13.9. The molecule has 6 nitrogen and oxygen atoms in total. The van der Waals surface area contributed by atoms with E-state index in [2.05, 4.69) is 15.3 Å². The van der Waals surface area contributed by atoms with Crippen LogP contribution < -0.4 is 5.32 Å². The Morgan fingerprint density at radius 2 is 1.84 bits per heavy atom. The summed E-state index contributed by atoms with van der Waals surface area (Å²) in [6.45, 7) is 10.1. The molecule has 2 atom stereocenters.